The summed E-state index contributed by atoms with van der Waals surface area (Å²) in [7, 11) is 0. The van der Waals surface area contributed by atoms with Crippen molar-refractivity contribution in [1.82, 2.24) is 10.2 Å². The lowest BCUT2D eigenvalue weighted by Crippen LogP contribution is -1.91. The van der Waals surface area contributed by atoms with E-state index >= 15 is 0 Å². The van der Waals surface area contributed by atoms with Gasteiger partial charge < -0.3 is 4.74 Å². The smallest absolute Gasteiger partial charge is 0.152 e. The third-order valence-corrected chi connectivity index (χ3v) is 2.31. The molecule has 0 spiro atoms. The highest BCUT2D eigenvalue weighted by Gasteiger charge is 2.00. The van der Waals surface area contributed by atoms with Gasteiger partial charge in [0.1, 0.15) is 5.75 Å². The fourth-order valence-corrected chi connectivity index (χ4v) is 1.57. The normalized spacial score (nSPS) is 10.1. The maximum absolute atomic E-state index is 5.78. The quantitative estimate of drug-likeness (QED) is 0.818. The van der Waals surface area contributed by atoms with Gasteiger partial charge in [0.05, 0.1) is 12.8 Å². The van der Waals surface area contributed by atoms with Crippen LogP contribution in [0.15, 0.2) is 36.5 Å². The van der Waals surface area contributed by atoms with Gasteiger partial charge in [-0.15, -0.1) is 5.10 Å². The van der Waals surface area contributed by atoms with Crippen LogP contribution in [0, 0.1) is 0 Å². The van der Waals surface area contributed by atoms with Crippen molar-refractivity contribution in [1.29, 1.82) is 0 Å². The van der Waals surface area contributed by atoms with E-state index in [1.165, 1.54) is 0 Å². The molecule has 4 heteroatoms. The molecule has 1 heterocycles. The summed E-state index contributed by atoms with van der Waals surface area (Å²) >= 11 is 5.78. The monoisotopic (exact) mass is 234 g/mol. The van der Waals surface area contributed by atoms with Gasteiger partial charge in [0.25, 0.3) is 0 Å². The highest BCUT2D eigenvalue weighted by atomic mass is 35.5. The predicted octanol–water partition coefficient (Wildman–Crippen LogP) is 3.20. The highest BCUT2D eigenvalue weighted by molar-refractivity contribution is 6.29. The fraction of sp³-hybridized carbons (Fsp3) is 0.167. The molecule has 2 rings (SSSR count). The molecular weight excluding hydrogens is 224 g/mol. The molecule has 1 aromatic heterocycles. The van der Waals surface area contributed by atoms with Crippen LogP contribution in [-0.2, 0) is 0 Å². The fourth-order valence-electron chi connectivity index (χ4n) is 1.41. The van der Waals surface area contributed by atoms with Gasteiger partial charge in [-0.25, -0.2) is 0 Å². The second-order valence-corrected chi connectivity index (χ2v) is 3.61. The molecular formula is C12H11ClN2O. The lowest BCUT2D eigenvalue weighted by Gasteiger charge is -2.04. The molecule has 0 atom stereocenters. The lowest BCUT2D eigenvalue weighted by molar-refractivity contribution is 0.340. The number of aromatic nitrogens is 2. The summed E-state index contributed by atoms with van der Waals surface area (Å²) in [4.78, 5) is 0. The summed E-state index contributed by atoms with van der Waals surface area (Å²) in [6.45, 7) is 2.63. The minimum absolute atomic E-state index is 0.395. The number of benzene rings is 1. The van der Waals surface area contributed by atoms with Gasteiger partial charge in [-0.2, -0.15) is 5.10 Å². The van der Waals surface area contributed by atoms with E-state index in [1.54, 1.807) is 12.3 Å². The van der Waals surface area contributed by atoms with E-state index in [0.717, 1.165) is 16.9 Å². The zero-order chi connectivity index (χ0) is 11.4. The molecule has 0 radical (unpaired) electrons. The Morgan fingerprint density at radius 3 is 2.56 bits per heavy atom. The Morgan fingerprint density at radius 1 is 1.19 bits per heavy atom. The van der Waals surface area contributed by atoms with Gasteiger partial charge in [0.2, 0.25) is 0 Å². The Balaban J connectivity index is 2.27. The van der Waals surface area contributed by atoms with Crippen molar-refractivity contribution in [3.63, 3.8) is 0 Å². The van der Waals surface area contributed by atoms with E-state index in [0.29, 0.717) is 11.8 Å². The van der Waals surface area contributed by atoms with Gasteiger partial charge in [0.15, 0.2) is 5.15 Å². The van der Waals surface area contributed by atoms with Crippen LogP contribution in [0.1, 0.15) is 6.92 Å². The molecule has 0 bridgehead atoms. The molecule has 1 aromatic carbocycles. The summed E-state index contributed by atoms with van der Waals surface area (Å²) in [5.74, 6) is 0.861. The number of halogens is 1. The van der Waals surface area contributed by atoms with Crippen LogP contribution in [0.25, 0.3) is 11.1 Å². The summed E-state index contributed by atoms with van der Waals surface area (Å²) in [6, 6.07) is 9.57. The summed E-state index contributed by atoms with van der Waals surface area (Å²) in [5.41, 5.74) is 1.99. The van der Waals surface area contributed by atoms with Crippen molar-refractivity contribution in [2.24, 2.45) is 0 Å². The molecule has 16 heavy (non-hydrogen) atoms. The first-order valence-electron chi connectivity index (χ1n) is 5.01. The zero-order valence-corrected chi connectivity index (χ0v) is 9.61. The maximum Gasteiger partial charge on any atom is 0.152 e. The van der Waals surface area contributed by atoms with E-state index in [-0.39, 0.29) is 0 Å². The second kappa shape index (κ2) is 4.94. The first kappa shape index (κ1) is 10.9. The summed E-state index contributed by atoms with van der Waals surface area (Å²) in [6.07, 6.45) is 1.68. The Kier molecular flexibility index (Phi) is 3.37. The molecule has 2 aromatic rings. The van der Waals surface area contributed by atoms with Gasteiger partial charge >= 0.3 is 0 Å². The van der Waals surface area contributed by atoms with Gasteiger partial charge in [-0.05, 0) is 30.7 Å². The van der Waals surface area contributed by atoms with Crippen LogP contribution in [0.5, 0.6) is 5.75 Å². The van der Waals surface area contributed by atoms with Gasteiger partial charge in [0, 0.05) is 5.56 Å². The van der Waals surface area contributed by atoms with E-state index < -0.39 is 0 Å². The first-order chi connectivity index (χ1) is 7.79. The van der Waals surface area contributed by atoms with Crippen molar-refractivity contribution >= 4 is 11.6 Å². The maximum atomic E-state index is 5.78. The third kappa shape index (κ3) is 2.49. The Bertz CT molecular complexity index is 471. The Labute approximate surface area is 99.0 Å². The molecule has 82 valence electrons. The van der Waals surface area contributed by atoms with E-state index in [4.69, 9.17) is 16.3 Å². The molecule has 0 saturated carbocycles. The Hall–Kier alpha value is -1.61. The highest BCUT2D eigenvalue weighted by Crippen LogP contribution is 2.22. The number of hydrogen-bond donors (Lipinski definition) is 0. The Morgan fingerprint density at radius 2 is 1.94 bits per heavy atom. The van der Waals surface area contributed by atoms with Crippen LogP contribution < -0.4 is 4.74 Å². The first-order valence-corrected chi connectivity index (χ1v) is 5.39. The zero-order valence-electron chi connectivity index (χ0n) is 8.85. The number of hydrogen-bond acceptors (Lipinski definition) is 3. The molecule has 3 nitrogen and oxygen atoms in total. The summed E-state index contributed by atoms with van der Waals surface area (Å²) in [5, 5.41) is 7.90. The van der Waals surface area contributed by atoms with Crippen LogP contribution in [0.3, 0.4) is 0 Å². The van der Waals surface area contributed by atoms with Crippen molar-refractivity contribution in [3.05, 3.63) is 41.7 Å². The molecule has 0 aliphatic rings. The molecule has 0 aliphatic heterocycles. The van der Waals surface area contributed by atoms with Gasteiger partial charge in [-0.3, -0.25) is 0 Å². The number of rotatable bonds is 3. The summed E-state index contributed by atoms with van der Waals surface area (Å²) < 4.78 is 5.37. The van der Waals surface area contributed by atoms with Crippen LogP contribution in [0.4, 0.5) is 0 Å². The SMILES string of the molecule is CCOc1ccc(-c2cnnc(Cl)c2)cc1. The van der Waals surface area contributed by atoms with Crippen molar-refractivity contribution < 1.29 is 4.74 Å². The third-order valence-electron chi connectivity index (χ3n) is 2.12. The number of nitrogens with zero attached hydrogens (tertiary/aromatic N) is 2. The van der Waals surface area contributed by atoms with Crippen molar-refractivity contribution in [2.75, 3.05) is 6.61 Å². The average molecular weight is 235 g/mol. The molecule has 0 unspecified atom stereocenters. The minimum atomic E-state index is 0.395. The predicted molar refractivity (Wildman–Crippen MR) is 63.6 cm³/mol. The van der Waals surface area contributed by atoms with E-state index in [2.05, 4.69) is 10.2 Å². The van der Waals surface area contributed by atoms with Crippen LogP contribution in [0.2, 0.25) is 5.15 Å². The van der Waals surface area contributed by atoms with E-state index in [1.807, 2.05) is 31.2 Å². The molecule has 0 saturated heterocycles. The average Bonchev–Trinajstić information content (AvgIpc) is 2.30. The van der Waals surface area contributed by atoms with Crippen LogP contribution in [-0.4, -0.2) is 16.8 Å². The standard InChI is InChI=1S/C12H11ClN2O/c1-2-16-11-5-3-9(4-6-11)10-7-12(13)15-14-8-10/h3-8H,2H2,1H3. The van der Waals surface area contributed by atoms with Crippen molar-refractivity contribution in [2.45, 2.75) is 6.92 Å². The molecule has 0 N–H and O–H groups in total. The van der Waals surface area contributed by atoms with Gasteiger partial charge in [-0.1, -0.05) is 23.7 Å². The number of ether oxygens (including phenoxy) is 1. The van der Waals surface area contributed by atoms with Crippen LogP contribution >= 0.6 is 11.6 Å². The topological polar surface area (TPSA) is 35.0 Å². The molecule has 0 aliphatic carbocycles. The lowest BCUT2D eigenvalue weighted by atomic mass is 10.1. The molecule has 0 amide bonds. The second-order valence-electron chi connectivity index (χ2n) is 3.22. The molecule has 0 fully saturated rings. The van der Waals surface area contributed by atoms with E-state index in [9.17, 15) is 0 Å². The largest absolute Gasteiger partial charge is 0.494 e. The minimum Gasteiger partial charge on any atom is -0.494 e. The van der Waals surface area contributed by atoms with Crippen molar-refractivity contribution in [3.8, 4) is 16.9 Å².